The molecule has 158 valence electrons. The van der Waals surface area contributed by atoms with Gasteiger partial charge in [-0.3, -0.25) is 9.78 Å². The molecular formula is C24H24FN5O. The molecule has 1 saturated heterocycles. The van der Waals surface area contributed by atoms with Crippen molar-refractivity contribution < 1.29 is 9.18 Å². The molecule has 1 aliphatic carbocycles. The lowest BCUT2D eigenvalue weighted by atomic mass is 10.00. The van der Waals surface area contributed by atoms with Crippen LogP contribution < -0.4 is 5.32 Å². The van der Waals surface area contributed by atoms with Crippen molar-refractivity contribution in [1.29, 1.82) is 0 Å². The molecule has 2 aliphatic rings. The molecule has 31 heavy (non-hydrogen) atoms. The Labute approximate surface area is 180 Å². The maximum absolute atomic E-state index is 13.7. The van der Waals surface area contributed by atoms with Crippen LogP contribution in [0.4, 0.5) is 15.9 Å². The summed E-state index contributed by atoms with van der Waals surface area (Å²) in [5.41, 5.74) is 2.27. The summed E-state index contributed by atoms with van der Waals surface area (Å²) in [6, 6.07) is 11.8. The van der Waals surface area contributed by atoms with E-state index in [4.69, 9.17) is 9.97 Å². The van der Waals surface area contributed by atoms with Gasteiger partial charge in [-0.2, -0.15) is 0 Å². The topological polar surface area (TPSA) is 71.0 Å². The lowest BCUT2D eigenvalue weighted by molar-refractivity contribution is -0.136. The fourth-order valence-electron chi connectivity index (χ4n) is 4.09. The number of piperidine rings is 1. The molecule has 3 aromatic rings. The van der Waals surface area contributed by atoms with E-state index in [0.717, 1.165) is 49.9 Å². The Morgan fingerprint density at radius 1 is 1.03 bits per heavy atom. The summed E-state index contributed by atoms with van der Waals surface area (Å²) < 4.78 is 13.7. The number of anilines is 2. The van der Waals surface area contributed by atoms with Crippen LogP contribution in [0.5, 0.6) is 0 Å². The largest absolute Gasteiger partial charge is 0.340 e. The Kier molecular flexibility index (Phi) is 5.32. The van der Waals surface area contributed by atoms with E-state index in [1.807, 2.05) is 23.1 Å². The average molecular weight is 417 g/mol. The standard InChI is InChI=1S/C24H24FN5O/c25-18-4-3-5-19(14-18)27-22-15-20(16-9-11-26-12-10-16)28-23(29-22)21-6-1-2-13-30(21)24(31)17-7-8-17/h3-5,9-12,14-15,17,21H,1-2,6-8,13H2,(H,27,28,29)/t21-/m0/s1. The SMILES string of the molecule is O=C(C1CC1)N1CCCC[C@H]1c1nc(Nc2cccc(F)c2)cc(-c2ccncc2)n1. The molecule has 1 aromatic carbocycles. The molecule has 2 aromatic heterocycles. The molecule has 1 atom stereocenters. The molecule has 1 aliphatic heterocycles. The van der Waals surface area contributed by atoms with Crippen molar-refractivity contribution in [2.45, 2.75) is 38.1 Å². The molecule has 0 unspecified atom stereocenters. The van der Waals surface area contributed by atoms with Gasteiger partial charge < -0.3 is 10.2 Å². The number of hydrogen-bond acceptors (Lipinski definition) is 5. The summed E-state index contributed by atoms with van der Waals surface area (Å²) >= 11 is 0. The molecule has 7 heteroatoms. The maximum Gasteiger partial charge on any atom is 0.226 e. The summed E-state index contributed by atoms with van der Waals surface area (Å²) in [6.45, 7) is 0.746. The third-order valence-corrected chi connectivity index (χ3v) is 5.83. The molecule has 0 radical (unpaired) electrons. The van der Waals surface area contributed by atoms with E-state index in [1.165, 1.54) is 12.1 Å². The third-order valence-electron chi connectivity index (χ3n) is 5.83. The normalized spacial score (nSPS) is 18.6. The second kappa shape index (κ2) is 8.41. The fraction of sp³-hybridized carbons (Fsp3) is 0.333. The number of hydrogen-bond donors (Lipinski definition) is 1. The minimum Gasteiger partial charge on any atom is -0.340 e. The predicted octanol–water partition coefficient (Wildman–Crippen LogP) is 4.88. The lowest BCUT2D eigenvalue weighted by Gasteiger charge is -2.35. The molecule has 0 bridgehead atoms. The summed E-state index contributed by atoms with van der Waals surface area (Å²) in [7, 11) is 0. The van der Waals surface area contributed by atoms with E-state index in [-0.39, 0.29) is 23.7 Å². The van der Waals surface area contributed by atoms with E-state index in [2.05, 4.69) is 10.3 Å². The number of halogens is 1. The Bertz CT molecular complexity index is 1090. The predicted molar refractivity (Wildman–Crippen MR) is 116 cm³/mol. The van der Waals surface area contributed by atoms with Crippen LogP contribution in [0.1, 0.15) is 44.0 Å². The third kappa shape index (κ3) is 4.40. The zero-order valence-corrected chi connectivity index (χ0v) is 17.2. The molecular weight excluding hydrogens is 393 g/mol. The highest BCUT2D eigenvalue weighted by atomic mass is 19.1. The number of nitrogens with zero attached hydrogens (tertiary/aromatic N) is 4. The van der Waals surface area contributed by atoms with Crippen molar-refractivity contribution in [2.75, 3.05) is 11.9 Å². The van der Waals surface area contributed by atoms with Crippen molar-refractivity contribution in [3.05, 3.63) is 66.5 Å². The van der Waals surface area contributed by atoms with Crippen LogP contribution in [0.2, 0.25) is 0 Å². The van der Waals surface area contributed by atoms with Crippen LogP contribution in [-0.4, -0.2) is 32.3 Å². The first-order valence-electron chi connectivity index (χ1n) is 10.8. The van der Waals surface area contributed by atoms with Crippen LogP contribution in [0, 0.1) is 11.7 Å². The minimum atomic E-state index is -0.317. The van der Waals surface area contributed by atoms with Gasteiger partial charge in [0.15, 0.2) is 5.82 Å². The monoisotopic (exact) mass is 417 g/mol. The number of pyridine rings is 1. The quantitative estimate of drug-likeness (QED) is 0.640. The van der Waals surface area contributed by atoms with Crippen molar-refractivity contribution in [3.8, 4) is 11.3 Å². The van der Waals surface area contributed by atoms with Gasteiger partial charge >= 0.3 is 0 Å². The maximum atomic E-state index is 13.7. The fourth-order valence-corrected chi connectivity index (χ4v) is 4.09. The van der Waals surface area contributed by atoms with Gasteiger partial charge in [0.25, 0.3) is 0 Å². The lowest BCUT2D eigenvalue weighted by Crippen LogP contribution is -2.40. The highest BCUT2D eigenvalue weighted by Crippen LogP contribution is 2.38. The zero-order valence-electron chi connectivity index (χ0n) is 17.2. The molecule has 1 saturated carbocycles. The van der Waals surface area contributed by atoms with Gasteiger partial charge in [-0.15, -0.1) is 0 Å². The van der Waals surface area contributed by atoms with Crippen LogP contribution in [0.25, 0.3) is 11.3 Å². The summed E-state index contributed by atoms with van der Waals surface area (Å²) in [5, 5.41) is 3.20. The number of aromatic nitrogens is 3. The van der Waals surface area contributed by atoms with Gasteiger partial charge in [0.1, 0.15) is 11.6 Å². The zero-order chi connectivity index (χ0) is 21.2. The minimum absolute atomic E-state index is 0.142. The number of likely N-dealkylation sites (tertiary alicyclic amines) is 1. The first-order chi connectivity index (χ1) is 15.2. The van der Waals surface area contributed by atoms with Gasteiger partial charge in [0.2, 0.25) is 5.91 Å². The highest BCUT2D eigenvalue weighted by molar-refractivity contribution is 5.81. The average Bonchev–Trinajstić information content (AvgIpc) is 3.65. The van der Waals surface area contributed by atoms with Gasteiger partial charge in [0, 0.05) is 42.2 Å². The Morgan fingerprint density at radius 2 is 1.87 bits per heavy atom. The van der Waals surface area contributed by atoms with Crippen molar-refractivity contribution in [1.82, 2.24) is 19.9 Å². The molecule has 5 rings (SSSR count). The van der Waals surface area contributed by atoms with Crippen molar-refractivity contribution in [3.63, 3.8) is 0 Å². The molecule has 2 fully saturated rings. The second-order valence-corrected chi connectivity index (χ2v) is 8.19. The molecule has 6 nitrogen and oxygen atoms in total. The number of carbonyl (C=O) groups is 1. The highest BCUT2D eigenvalue weighted by Gasteiger charge is 2.38. The van der Waals surface area contributed by atoms with E-state index < -0.39 is 0 Å². The summed E-state index contributed by atoms with van der Waals surface area (Å²) in [6.07, 6.45) is 8.29. The van der Waals surface area contributed by atoms with Crippen LogP contribution in [0.3, 0.4) is 0 Å². The van der Waals surface area contributed by atoms with Crippen LogP contribution in [0.15, 0.2) is 54.9 Å². The van der Waals surface area contributed by atoms with Crippen LogP contribution >= 0.6 is 0 Å². The smallest absolute Gasteiger partial charge is 0.226 e. The summed E-state index contributed by atoms with van der Waals surface area (Å²) in [5.74, 6) is 1.27. The molecule has 1 N–H and O–H groups in total. The Morgan fingerprint density at radius 3 is 2.65 bits per heavy atom. The number of rotatable bonds is 5. The number of amides is 1. The Hall–Kier alpha value is -3.35. The van der Waals surface area contributed by atoms with Gasteiger partial charge in [-0.1, -0.05) is 6.07 Å². The molecule has 3 heterocycles. The van der Waals surface area contributed by atoms with E-state index in [0.29, 0.717) is 17.3 Å². The van der Waals surface area contributed by atoms with Crippen LogP contribution in [-0.2, 0) is 4.79 Å². The Balaban J connectivity index is 1.54. The number of benzene rings is 1. The first kappa shape index (κ1) is 19.6. The first-order valence-corrected chi connectivity index (χ1v) is 10.8. The van der Waals surface area contributed by atoms with E-state index in [1.54, 1.807) is 24.5 Å². The summed E-state index contributed by atoms with van der Waals surface area (Å²) in [4.78, 5) is 28.6. The number of carbonyl (C=O) groups excluding carboxylic acids is 1. The van der Waals surface area contributed by atoms with Gasteiger partial charge in [0.05, 0.1) is 11.7 Å². The molecule has 1 amide bonds. The van der Waals surface area contributed by atoms with E-state index >= 15 is 0 Å². The molecule has 0 spiro atoms. The van der Waals surface area contributed by atoms with Gasteiger partial charge in [-0.05, 0) is 62.4 Å². The number of nitrogens with one attached hydrogen (secondary N) is 1. The van der Waals surface area contributed by atoms with E-state index in [9.17, 15) is 9.18 Å². The van der Waals surface area contributed by atoms with Crippen molar-refractivity contribution in [2.24, 2.45) is 5.92 Å². The van der Waals surface area contributed by atoms with Crippen molar-refractivity contribution >= 4 is 17.4 Å². The second-order valence-electron chi connectivity index (χ2n) is 8.19. The van der Waals surface area contributed by atoms with Gasteiger partial charge in [-0.25, -0.2) is 14.4 Å².